The zero-order chi connectivity index (χ0) is 19.1. The van der Waals surface area contributed by atoms with Gasteiger partial charge in [-0.3, -0.25) is 0 Å². The summed E-state index contributed by atoms with van der Waals surface area (Å²) in [7, 11) is 0. The molecule has 4 aromatic rings. The molecule has 0 atom stereocenters. The first kappa shape index (κ1) is 22.2. The largest absolute Gasteiger partial charge is 0.345 e. The molecule has 1 aliphatic rings. The average molecular weight is 448 g/mol. The van der Waals surface area contributed by atoms with Gasteiger partial charge in [-0.2, -0.15) is 0 Å². The maximum absolute atomic E-state index is 14.8. The van der Waals surface area contributed by atoms with E-state index in [1.165, 1.54) is 11.1 Å². The maximum Gasteiger partial charge on any atom is 0.166 e. The Labute approximate surface area is 185 Å². The Hall–Kier alpha value is -2.47. The van der Waals surface area contributed by atoms with Gasteiger partial charge in [0.05, 0.1) is 17.4 Å². The van der Waals surface area contributed by atoms with Crippen LogP contribution in [-0.2, 0) is 19.4 Å². The van der Waals surface area contributed by atoms with Crippen LogP contribution < -0.4 is 5.32 Å². The highest BCUT2D eigenvalue weighted by atomic mass is 35.5. The number of aromatic amines is 1. The van der Waals surface area contributed by atoms with Crippen molar-refractivity contribution in [1.29, 1.82) is 0 Å². The standard InChI is InChI=1S/C23H19F2N3.2ClH/c24-22-17(12-26-18-9-14-3-1-2-4-15(14)10-18)5-7-19(23(22)25)16-6-8-20-21(11-16)28-13-27-20;;/h1-8,11,13,18,26H,9-10,12H2,(H,27,28);2*1H. The molecule has 0 radical (unpaired) electrons. The van der Waals surface area contributed by atoms with Crippen LogP contribution in [0.25, 0.3) is 22.2 Å². The molecule has 1 aliphatic carbocycles. The van der Waals surface area contributed by atoms with E-state index in [-0.39, 0.29) is 36.4 Å². The lowest BCUT2D eigenvalue weighted by atomic mass is 10.0. The number of nitrogens with zero attached hydrogens (tertiary/aromatic N) is 1. The second-order valence-corrected chi connectivity index (χ2v) is 7.29. The molecule has 0 unspecified atom stereocenters. The number of halogens is 4. The van der Waals surface area contributed by atoms with Crippen molar-refractivity contribution in [3.63, 3.8) is 0 Å². The predicted octanol–water partition coefficient (Wildman–Crippen LogP) is 5.61. The van der Waals surface area contributed by atoms with Gasteiger partial charge in [-0.25, -0.2) is 13.8 Å². The van der Waals surface area contributed by atoms with Crippen LogP contribution in [0.15, 0.2) is 60.9 Å². The molecule has 0 saturated heterocycles. The number of fused-ring (bicyclic) bond motifs is 2. The molecule has 30 heavy (non-hydrogen) atoms. The fourth-order valence-corrected chi connectivity index (χ4v) is 4.01. The molecule has 156 valence electrons. The lowest BCUT2D eigenvalue weighted by Gasteiger charge is -2.14. The van der Waals surface area contributed by atoms with Crippen molar-refractivity contribution in [3.8, 4) is 11.1 Å². The summed E-state index contributed by atoms with van der Waals surface area (Å²) in [5, 5.41) is 3.37. The summed E-state index contributed by atoms with van der Waals surface area (Å²) in [6, 6.07) is 17.2. The summed E-state index contributed by atoms with van der Waals surface area (Å²) in [6.45, 7) is 0.306. The van der Waals surface area contributed by atoms with E-state index >= 15 is 0 Å². The van der Waals surface area contributed by atoms with Gasteiger partial charge in [0.25, 0.3) is 0 Å². The Balaban J connectivity index is 0.00000128. The van der Waals surface area contributed by atoms with Gasteiger partial charge >= 0.3 is 0 Å². The van der Waals surface area contributed by atoms with Crippen molar-refractivity contribution < 1.29 is 8.78 Å². The second kappa shape index (κ2) is 9.13. The van der Waals surface area contributed by atoms with Gasteiger partial charge in [0.2, 0.25) is 0 Å². The molecule has 5 rings (SSSR count). The van der Waals surface area contributed by atoms with Crippen LogP contribution in [0, 0.1) is 11.6 Å². The first-order chi connectivity index (χ1) is 13.7. The van der Waals surface area contributed by atoms with Gasteiger partial charge in [0.1, 0.15) is 0 Å². The van der Waals surface area contributed by atoms with E-state index in [1.54, 1.807) is 30.6 Å². The van der Waals surface area contributed by atoms with Gasteiger partial charge in [-0.15, -0.1) is 24.8 Å². The molecule has 0 bridgehead atoms. The molecular weight excluding hydrogens is 427 g/mol. The zero-order valence-corrected chi connectivity index (χ0v) is 17.6. The average Bonchev–Trinajstić information content (AvgIpc) is 3.34. The second-order valence-electron chi connectivity index (χ2n) is 7.29. The van der Waals surface area contributed by atoms with E-state index in [9.17, 15) is 8.78 Å². The third kappa shape index (κ3) is 4.06. The summed E-state index contributed by atoms with van der Waals surface area (Å²) in [6.07, 6.45) is 3.42. The van der Waals surface area contributed by atoms with E-state index in [4.69, 9.17) is 0 Å². The summed E-state index contributed by atoms with van der Waals surface area (Å²) < 4.78 is 29.5. The number of nitrogens with one attached hydrogen (secondary N) is 2. The molecule has 0 amide bonds. The molecule has 2 N–H and O–H groups in total. The van der Waals surface area contributed by atoms with Gasteiger partial charge < -0.3 is 10.3 Å². The highest BCUT2D eigenvalue weighted by Crippen LogP contribution is 2.29. The Morgan fingerprint density at radius 2 is 1.67 bits per heavy atom. The number of H-pyrrole nitrogens is 1. The molecule has 1 heterocycles. The minimum absolute atomic E-state index is 0. The zero-order valence-electron chi connectivity index (χ0n) is 16.0. The Morgan fingerprint density at radius 3 is 2.40 bits per heavy atom. The quantitative estimate of drug-likeness (QED) is 0.426. The third-order valence-electron chi connectivity index (χ3n) is 5.53. The molecule has 3 aromatic carbocycles. The van der Waals surface area contributed by atoms with Gasteiger partial charge in [0, 0.05) is 23.7 Å². The van der Waals surface area contributed by atoms with Crippen molar-refractivity contribution in [2.24, 2.45) is 0 Å². The van der Waals surface area contributed by atoms with E-state index in [1.807, 2.05) is 18.2 Å². The fraction of sp³-hybridized carbons (Fsp3) is 0.174. The van der Waals surface area contributed by atoms with Crippen molar-refractivity contribution in [1.82, 2.24) is 15.3 Å². The van der Waals surface area contributed by atoms with Crippen molar-refractivity contribution in [3.05, 3.63) is 89.2 Å². The smallest absolute Gasteiger partial charge is 0.166 e. The minimum Gasteiger partial charge on any atom is -0.345 e. The van der Waals surface area contributed by atoms with Crippen molar-refractivity contribution >= 4 is 35.8 Å². The van der Waals surface area contributed by atoms with Crippen LogP contribution in [0.4, 0.5) is 8.78 Å². The van der Waals surface area contributed by atoms with Crippen LogP contribution in [0.1, 0.15) is 16.7 Å². The van der Waals surface area contributed by atoms with Crippen LogP contribution in [0.3, 0.4) is 0 Å². The summed E-state index contributed by atoms with van der Waals surface area (Å²) in [5.41, 5.74) is 5.46. The number of imidazole rings is 1. The fourth-order valence-electron chi connectivity index (χ4n) is 4.01. The minimum atomic E-state index is -0.816. The molecule has 0 fully saturated rings. The van der Waals surface area contributed by atoms with Crippen molar-refractivity contribution in [2.75, 3.05) is 0 Å². The SMILES string of the molecule is Cl.Cl.Fc1c(CNC2Cc3ccccc3C2)ccc(-c2ccc3[nH]cnc3c2)c1F. The highest BCUT2D eigenvalue weighted by Gasteiger charge is 2.21. The molecule has 0 saturated carbocycles. The van der Waals surface area contributed by atoms with E-state index in [0.717, 1.165) is 23.9 Å². The highest BCUT2D eigenvalue weighted by molar-refractivity contribution is 5.85. The van der Waals surface area contributed by atoms with Crippen LogP contribution >= 0.6 is 24.8 Å². The molecule has 1 aromatic heterocycles. The summed E-state index contributed by atoms with van der Waals surface area (Å²) >= 11 is 0. The monoisotopic (exact) mass is 447 g/mol. The number of rotatable bonds is 4. The van der Waals surface area contributed by atoms with Crippen LogP contribution in [0.5, 0.6) is 0 Å². The molecular formula is C23H21Cl2F2N3. The summed E-state index contributed by atoms with van der Waals surface area (Å²) in [4.78, 5) is 7.18. The first-order valence-electron chi connectivity index (χ1n) is 9.39. The lowest BCUT2D eigenvalue weighted by molar-refractivity contribution is 0.479. The van der Waals surface area contributed by atoms with Crippen LogP contribution in [0.2, 0.25) is 0 Å². The predicted molar refractivity (Wildman–Crippen MR) is 120 cm³/mol. The topological polar surface area (TPSA) is 40.7 Å². The number of hydrogen-bond acceptors (Lipinski definition) is 2. The van der Waals surface area contributed by atoms with Crippen molar-refractivity contribution in [2.45, 2.75) is 25.4 Å². The van der Waals surface area contributed by atoms with E-state index in [0.29, 0.717) is 17.7 Å². The van der Waals surface area contributed by atoms with E-state index < -0.39 is 11.6 Å². The Kier molecular flexibility index (Phi) is 6.76. The van der Waals surface area contributed by atoms with Crippen LogP contribution in [-0.4, -0.2) is 16.0 Å². The third-order valence-corrected chi connectivity index (χ3v) is 5.53. The molecule has 0 spiro atoms. The molecule has 7 heteroatoms. The Morgan fingerprint density at radius 1 is 0.933 bits per heavy atom. The maximum atomic E-state index is 14.8. The number of hydrogen-bond donors (Lipinski definition) is 2. The number of benzene rings is 3. The van der Waals surface area contributed by atoms with Gasteiger partial charge in [0.15, 0.2) is 11.6 Å². The Bertz CT molecular complexity index is 1150. The van der Waals surface area contributed by atoms with Gasteiger partial charge in [-0.1, -0.05) is 42.5 Å². The summed E-state index contributed by atoms with van der Waals surface area (Å²) in [5.74, 6) is -1.61. The normalized spacial score (nSPS) is 13.0. The van der Waals surface area contributed by atoms with Gasteiger partial charge in [-0.05, 0) is 41.7 Å². The lowest BCUT2D eigenvalue weighted by Crippen LogP contribution is -2.29. The number of aromatic nitrogens is 2. The molecule has 3 nitrogen and oxygen atoms in total. The van der Waals surface area contributed by atoms with E-state index in [2.05, 4.69) is 27.4 Å². The molecule has 0 aliphatic heterocycles. The first-order valence-corrected chi connectivity index (χ1v) is 9.39.